The molecule has 0 unspecified atom stereocenters. The smallest absolute Gasteiger partial charge is 0.298 e. The van der Waals surface area contributed by atoms with Gasteiger partial charge in [-0.2, -0.15) is 14.9 Å². The fourth-order valence-corrected chi connectivity index (χ4v) is 3.04. The summed E-state index contributed by atoms with van der Waals surface area (Å²) in [4.78, 5) is 13.2. The molecule has 0 atom stereocenters. The highest BCUT2D eigenvalue weighted by molar-refractivity contribution is 6.30. The van der Waals surface area contributed by atoms with Gasteiger partial charge in [0, 0.05) is 10.4 Å². The van der Waals surface area contributed by atoms with Gasteiger partial charge in [0.1, 0.15) is 17.0 Å². The monoisotopic (exact) mass is 366 g/mol. The zero-order valence-electron chi connectivity index (χ0n) is 14.2. The van der Waals surface area contributed by atoms with Crippen molar-refractivity contribution in [3.05, 3.63) is 75.8 Å². The Morgan fingerprint density at radius 2 is 1.77 bits per heavy atom. The first-order chi connectivity index (χ1) is 12.6. The van der Waals surface area contributed by atoms with Crippen molar-refractivity contribution < 1.29 is 4.74 Å². The number of fused-ring (bicyclic) bond motifs is 1. The van der Waals surface area contributed by atoms with Crippen molar-refractivity contribution in [2.45, 2.75) is 6.92 Å². The summed E-state index contributed by atoms with van der Waals surface area (Å²) in [5.41, 5.74) is 2.20. The molecule has 130 valence electrons. The molecule has 4 rings (SSSR count). The second-order valence-electron chi connectivity index (χ2n) is 5.77. The van der Waals surface area contributed by atoms with Crippen LogP contribution in [0.2, 0.25) is 5.02 Å². The third-order valence-corrected chi connectivity index (χ3v) is 4.44. The lowest BCUT2D eigenvalue weighted by atomic mass is 10.2. The standard InChI is InChI=1S/C19H15ClN4O2/c1-12-15-11-21-23(14-9-7-13(20)8-10-14)18(15)19(25)24(22-12)16-5-3-4-6-17(16)26-2/h3-11H,1-2H3. The third-order valence-electron chi connectivity index (χ3n) is 4.19. The minimum atomic E-state index is -0.275. The van der Waals surface area contributed by atoms with E-state index in [0.29, 0.717) is 33.1 Å². The molecule has 0 aliphatic heterocycles. The second kappa shape index (κ2) is 6.31. The molecule has 4 aromatic rings. The summed E-state index contributed by atoms with van der Waals surface area (Å²) in [6, 6.07) is 14.4. The molecule has 0 N–H and O–H groups in total. The van der Waals surface area contributed by atoms with Crippen LogP contribution in [-0.4, -0.2) is 26.7 Å². The number of aryl methyl sites for hydroxylation is 1. The fraction of sp³-hybridized carbons (Fsp3) is 0.105. The molecule has 2 heterocycles. The van der Waals surface area contributed by atoms with Crippen LogP contribution < -0.4 is 10.3 Å². The first-order valence-electron chi connectivity index (χ1n) is 7.97. The molecule has 0 saturated heterocycles. The third kappa shape index (κ3) is 2.55. The van der Waals surface area contributed by atoms with E-state index in [2.05, 4.69) is 10.2 Å². The fourth-order valence-electron chi connectivity index (χ4n) is 2.91. The van der Waals surface area contributed by atoms with Crippen LogP contribution in [-0.2, 0) is 0 Å². The van der Waals surface area contributed by atoms with Gasteiger partial charge in [-0.25, -0.2) is 4.68 Å². The van der Waals surface area contributed by atoms with E-state index in [1.165, 1.54) is 4.68 Å². The number of benzene rings is 2. The molecule has 0 aliphatic rings. The van der Waals surface area contributed by atoms with Gasteiger partial charge in [-0.1, -0.05) is 23.7 Å². The molecular formula is C19H15ClN4O2. The van der Waals surface area contributed by atoms with Crippen LogP contribution in [0.3, 0.4) is 0 Å². The van der Waals surface area contributed by atoms with E-state index in [1.54, 1.807) is 42.3 Å². The number of hydrogen-bond donors (Lipinski definition) is 0. The topological polar surface area (TPSA) is 61.9 Å². The molecule has 2 aromatic heterocycles. The Balaban J connectivity index is 2.03. The maximum atomic E-state index is 13.2. The molecule has 26 heavy (non-hydrogen) atoms. The zero-order chi connectivity index (χ0) is 18.3. The molecule has 7 heteroatoms. The van der Waals surface area contributed by atoms with Crippen LogP contribution >= 0.6 is 11.6 Å². The number of aromatic nitrogens is 4. The van der Waals surface area contributed by atoms with Crippen molar-refractivity contribution in [1.82, 2.24) is 19.6 Å². The molecule has 0 fully saturated rings. The van der Waals surface area contributed by atoms with Crippen molar-refractivity contribution in [2.75, 3.05) is 7.11 Å². The largest absolute Gasteiger partial charge is 0.494 e. The van der Waals surface area contributed by atoms with Gasteiger partial charge in [0.25, 0.3) is 5.56 Å². The Bertz CT molecular complexity index is 1160. The maximum Gasteiger partial charge on any atom is 0.298 e. The lowest BCUT2D eigenvalue weighted by Crippen LogP contribution is -2.24. The SMILES string of the molecule is COc1ccccc1-n1nc(C)c2cnn(-c3ccc(Cl)cc3)c2c1=O. The molecule has 6 nitrogen and oxygen atoms in total. The van der Waals surface area contributed by atoms with E-state index >= 15 is 0 Å². The average molecular weight is 367 g/mol. The summed E-state index contributed by atoms with van der Waals surface area (Å²) in [7, 11) is 1.56. The Labute approximate surface area is 154 Å². The van der Waals surface area contributed by atoms with Gasteiger partial charge in [0.2, 0.25) is 0 Å². The van der Waals surface area contributed by atoms with E-state index in [1.807, 2.05) is 31.2 Å². The zero-order valence-corrected chi connectivity index (χ0v) is 14.9. The Morgan fingerprint density at radius 1 is 1.04 bits per heavy atom. The van der Waals surface area contributed by atoms with E-state index in [4.69, 9.17) is 16.3 Å². The number of para-hydroxylation sites is 2. The van der Waals surface area contributed by atoms with Crippen LogP contribution in [0.25, 0.3) is 22.3 Å². The van der Waals surface area contributed by atoms with E-state index < -0.39 is 0 Å². The number of halogens is 1. The lowest BCUT2D eigenvalue weighted by molar-refractivity contribution is 0.411. The van der Waals surface area contributed by atoms with Crippen molar-refractivity contribution in [3.8, 4) is 17.1 Å². The first-order valence-corrected chi connectivity index (χ1v) is 8.35. The maximum absolute atomic E-state index is 13.2. The number of hydrogen-bond acceptors (Lipinski definition) is 4. The highest BCUT2D eigenvalue weighted by Crippen LogP contribution is 2.23. The predicted molar refractivity (Wildman–Crippen MR) is 101 cm³/mol. The van der Waals surface area contributed by atoms with Crippen LogP contribution in [0.5, 0.6) is 5.75 Å². The van der Waals surface area contributed by atoms with Gasteiger partial charge in [0.05, 0.1) is 24.7 Å². The van der Waals surface area contributed by atoms with Crippen LogP contribution in [0, 0.1) is 6.92 Å². The first kappa shape index (κ1) is 16.4. The van der Waals surface area contributed by atoms with Crippen molar-refractivity contribution >= 4 is 22.5 Å². The predicted octanol–water partition coefficient (Wildman–Crippen LogP) is 3.54. The van der Waals surface area contributed by atoms with E-state index in [0.717, 1.165) is 5.69 Å². The highest BCUT2D eigenvalue weighted by atomic mass is 35.5. The quantitative estimate of drug-likeness (QED) is 0.556. The molecule has 0 aliphatic carbocycles. The van der Waals surface area contributed by atoms with Crippen molar-refractivity contribution in [3.63, 3.8) is 0 Å². The Kier molecular flexibility index (Phi) is 3.97. The van der Waals surface area contributed by atoms with Gasteiger partial charge < -0.3 is 4.74 Å². The van der Waals surface area contributed by atoms with Gasteiger partial charge in [-0.3, -0.25) is 4.79 Å². The average Bonchev–Trinajstić information content (AvgIpc) is 3.11. The van der Waals surface area contributed by atoms with Crippen molar-refractivity contribution in [1.29, 1.82) is 0 Å². The number of methoxy groups -OCH3 is 1. The normalized spacial score (nSPS) is 11.0. The number of ether oxygens (including phenoxy) is 1. The van der Waals surface area contributed by atoms with E-state index in [-0.39, 0.29) is 5.56 Å². The summed E-state index contributed by atoms with van der Waals surface area (Å²) in [6.07, 6.45) is 1.65. The molecule has 0 saturated carbocycles. The van der Waals surface area contributed by atoms with Gasteiger partial charge >= 0.3 is 0 Å². The molecule has 0 radical (unpaired) electrons. The van der Waals surface area contributed by atoms with Gasteiger partial charge in [-0.15, -0.1) is 0 Å². The molecular weight excluding hydrogens is 352 g/mol. The minimum Gasteiger partial charge on any atom is -0.494 e. The van der Waals surface area contributed by atoms with Crippen LogP contribution in [0.4, 0.5) is 0 Å². The van der Waals surface area contributed by atoms with Gasteiger partial charge in [0.15, 0.2) is 0 Å². The Hall–Kier alpha value is -3.12. The molecule has 2 aromatic carbocycles. The highest BCUT2D eigenvalue weighted by Gasteiger charge is 2.17. The van der Waals surface area contributed by atoms with E-state index in [9.17, 15) is 4.79 Å². The van der Waals surface area contributed by atoms with Crippen LogP contribution in [0.1, 0.15) is 5.69 Å². The summed E-state index contributed by atoms with van der Waals surface area (Å²) >= 11 is 5.97. The summed E-state index contributed by atoms with van der Waals surface area (Å²) < 4.78 is 8.34. The van der Waals surface area contributed by atoms with Gasteiger partial charge in [-0.05, 0) is 43.3 Å². The summed E-state index contributed by atoms with van der Waals surface area (Å²) in [5, 5.41) is 10.2. The molecule has 0 bridgehead atoms. The molecule has 0 amide bonds. The second-order valence-corrected chi connectivity index (χ2v) is 6.21. The summed E-state index contributed by atoms with van der Waals surface area (Å²) in [6.45, 7) is 1.85. The molecule has 0 spiro atoms. The Morgan fingerprint density at radius 3 is 2.50 bits per heavy atom. The summed E-state index contributed by atoms with van der Waals surface area (Å²) in [5.74, 6) is 0.568. The lowest BCUT2D eigenvalue weighted by Gasteiger charge is -2.11. The van der Waals surface area contributed by atoms with Crippen LogP contribution in [0.15, 0.2) is 59.5 Å². The number of rotatable bonds is 3. The number of nitrogens with zero attached hydrogens (tertiary/aromatic N) is 4. The minimum absolute atomic E-state index is 0.275. The van der Waals surface area contributed by atoms with Crippen molar-refractivity contribution in [2.24, 2.45) is 0 Å².